The van der Waals surface area contributed by atoms with Gasteiger partial charge in [0.05, 0.1) is 0 Å². The van der Waals surface area contributed by atoms with Crippen molar-refractivity contribution in [3.05, 3.63) is 64.9 Å². The smallest absolute Gasteiger partial charge is 0.260 e. The number of benzene rings is 2. The van der Waals surface area contributed by atoms with Gasteiger partial charge in [0.1, 0.15) is 5.82 Å². The van der Waals surface area contributed by atoms with Gasteiger partial charge in [0, 0.05) is 30.3 Å². The molecule has 1 fully saturated rings. The summed E-state index contributed by atoms with van der Waals surface area (Å²) in [4.78, 5) is 14.4. The third kappa shape index (κ3) is 4.18. The van der Waals surface area contributed by atoms with E-state index in [0.717, 1.165) is 5.69 Å². The summed E-state index contributed by atoms with van der Waals surface area (Å²) in [6.45, 7) is 1.01. The van der Waals surface area contributed by atoms with E-state index in [1.807, 2.05) is 30.3 Å². The molecule has 132 valence electrons. The molecule has 1 aliphatic rings. The maximum absolute atomic E-state index is 13.4. The Morgan fingerprint density at radius 2 is 2.00 bits per heavy atom. The Labute approximate surface area is 151 Å². The molecule has 1 heterocycles. The molecule has 0 radical (unpaired) electrons. The zero-order valence-corrected chi connectivity index (χ0v) is 14.5. The molecule has 1 saturated heterocycles. The second-order valence-corrected chi connectivity index (χ2v) is 6.75. The van der Waals surface area contributed by atoms with Crippen LogP contribution in [0.3, 0.4) is 0 Å². The number of anilines is 1. The molecule has 0 aliphatic carbocycles. The summed E-state index contributed by atoms with van der Waals surface area (Å²) in [5.74, 6) is -0.721. The van der Waals surface area contributed by atoms with Crippen LogP contribution in [0, 0.1) is 5.82 Å². The van der Waals surface area contributed by atoms with Crippen molar-refractivity contribution in [1.29, 1.82) is 0 Å². The zero-order valence-electron chi connectivity index (χ0n) is 13.7. The van der Waals surface area contributed by atoms with Gasteiger partial charge >= 0.3 is 0 Å². The number of amides is 1. The minimum atomic E-state index is -1.47. The largest absolute Gasteiger partial charge is 0.379 e. The summed E-state index contributed by atoms with van der Waals surface area (Å²) in [6, 6.07) is 13.6. The van der Waals surface area contributed by atoms with E-state index in [9.17, 15) is 14.3 Å². The molecule has 4 nitrogen and oxygen atoms in total. The third-order valence-corrected chi connectivity index (χ3v) is 4.57. The average Bonchev–Trinajstić information content (AvgIpc) is 2.57. The number of piperidine rings is 1. The maximum Gasteiger partial charge on any atom is 0.260 e. The van der Waals surface area contributed by atoms with Crippen LogP contribution in [0.5, 0.6) is 0 Å². The van der Waals surface area contributed by atoms with Crippen molar-refractivity contribution in [3.8, 4) is 0 Å². The molecular formula is C19H20ClFN2O2. The molecule has 2 aromatic rings. The third-order valence-electron chi connectivity index (χ3n) is 4.35. The number of nitrogens with one attached hydrogen (secondary N) is 1. The molecule has 1 atom stereocenters. The van der Waals surface area contributed by atoms with Crippen LogP contribution < -0.4 is 10.2 Å². The van der Waals surface area contributed by atoms with Gasteiger partial charge in [-0.25, -0.2) is 4.39 Å². The van der Waals surface area contributed by atoms with Crippen molar-refractivity contribution in [2.75, 3.05) is 18.0 Å². The lowest BCUT2D eigenvalue weighted by Crippen LogP contribution is -2.58. The fourth-order valence-corrected chi connectivity index (χ4v) is 3.38. The van der Waals surface area contributed by atoms with Gasteiger partial charge in [-0.15, -0.1) is 0 Å². The van der Waals surface area contributed by atoms with E-state index in [-0.39, 0.29) is 12.5 Å². The van der Waals surface area contributed by atoms with E-state index in [0.29, 0.717) is 36.5 Å². The van der Waals surface area contributed by atoms with Gasteiger partial charge in [-0.2, -0.15) is 0 Å². The van der Waals surface area contributed by atoms with Crippen LogP contribution in [-0.2, 0) is 11.3 Å². The van der Waals surface area contributed by atoms with Crippen LogP contribution in [0.15, 0.2) is 48.5 Å². The molecule has 0 bridgehead atoms. The Bertz CT molecular complexity index is 736. The summed E-state index contributed by atoms with van der Waals surface area (Å²) in [6.07, 6.45) is 1.11. The predicted octanol–water partition coefficient (Wildman–Crippen LogP) is 3.13. The summed E-state index contributed by atoms with van der Waals surface area (Å²) in [5.41, 5.74) is -0.0232. The van der Waals surface area contributed by atoms with Gasteiger partial charge in [0.25, 0.3) is 5.91 Å². The predicted molar refractivity (Wildman–Crippen MR) is 96.1 cm³/mol. The average molecular weight is 363 g/mol. The SMILES string of the molecule is O=C1N(c2ccccc2)CCCC1(O)CNCc1cc(F)cc(Cl)c1. The lowest BCUT2D eigenvalue weighted by atomic mass is 9.91. The number of halogens is 2. The van der Waals surface area contributed by atoms with Gasteiger partial charge < -0.3 is 15.3 Å². The molecule has 25 heavy (non-hydrogen) atoms. The number of para-hydroxylation sites is 1. The minimum absolute atomic E-state index is 0.100. The molecule has 2 N–H and O–H groups in total. The number of rotatable bonds is 5. The van der Waals surface area contributed by atoms with E-state index in [2.05, 4.69) is 5.32 Å². The lowest BCUT2D eigenvalue weighted by molar-refractivity contribution is -0.139. The van der Waals surface area contributed by atoms with Crippen LogP contribution in [0.4, 0.5) is 10.1 Å². The van der Waals surface area contributed by atoms with Gasteiger partial charge in [-0.1, -0.05) is 29.8 Å². The highest BCUT2D eigenvalue weighted by molar-refractivity contribution is 6.30. The van der Waals surface area contributed by atoms with Crippen LogP contribution in [0.25, 0.3) is 0 Å². The molecule has 6 heteroatoms. The fraction of sp³-hybridized carbons (Fsp3) is 0.316. The molecule has 2 aromatic carbocycles. The van der Waals surface area contributed by atoms with Crippen molar-refractivity contribution >= 4 is 23.2 Å². The number of carbonyl (C=O) groups is 1. The Kier molecular flexibility index (Phi) is 5.37. The number of nitrogens with zero attached hydrogens (tertiary/aromatic N) is 1. The van der Waals surface area contributed by atoms with E-state index in [1.54, 1.807) is 11.0 Å². The number of aliphatic hydroxyl groups is 1. The number of hydrogen-bond donors (Lipinski definition) is 2. The first-order valence-electron chi connectivity index (χ1n) is 8.23. The number of carbonyl (C=O) groups excluding carboxylic acids is 1. The standard InChI is InChI=1S/C19H20ClFN2O2/c20-15-9-14(10-16(21)11-15)12-22-13-19(25)7-4-8-23(18(19)24)17-5-2-1-3-6-17/h1-3,5-6,9-11,22,25H,4,7-8,12-13H2. The second kappa shape index (κ2) is 7.52. The highest BCUT2D eigenvalue weighted by Gasteiger charge is 2.42. The Morgan fingerprint density at radius 3 is 2.72 bits per heavy atom. The second-order valence-electron chi connectivity index (χ2n) is 6.31. The maximum atomic E-state index is 13.4. The Morgan fingerprint density at radius 1 is 1.24 bits per heavy atom. The van der Waals surface area contributed by atoms with Crippen LogP contribution in [0.1, 0.15) is 18.4 Å². The fourth-order valence-electron chi connectivity index (χ4n) is 3.13. The van der Waals surface area contributed by atoms with Gasteiger partial charge in [0.15, 0.2) is 5.60 Å². The van der Waals surface area contributed by atoms with E-state index in [1.165, 1.54) is 12.1 Å². The molecule has 3 rings (SSSR count). The van der Waals surface area contributed by atoms with Crippen LogP contribution >= 0.6 is 11.6 Å². The Hall–Kier alpha value is -1.95. The monoisotopic (exact) mass is 362 g/mol. The molecule has 0 aromatic heterocycles. The summed E-state index contributed by atoms with van der Waals surface area (Å²) in [7, 11) is 0. The Balaban J connectivity index is 1.65. The van der Waals surface area contributed by atoms with Gasteiger partial charge in [-0.3, -0.25) is 4.79 Å². The normalized spacial score (nSPS) is 20.8. The van der Waals surface area contributed by atoms with Crippen LogP contribution in [0.2, 0.25) is 5.02 Å². The summed E-state index contributed by atoms with van der Waals surface area (Å²) >= 11 is 5.84. The van der Waals surface area contributed by atoms with Gasteiger partial charge in [0.2, 0.25) is 0 Å². The molecule has 1 aliphatic heterocycles. The first-order chi connectivity index (χ1) is 12.0. The lowest BCUT2D eigenvalue weighted by Gasteiger charge is -2.38. The van der Waals surface area contributed by atoms with E-state index in [4.69, 9.17) is 11.6 Å². The van der Waals surface area contributed by atoms with Crippen molar-refractivity contribution in [1.82, 2.24) is 5.32 Å². The van der Waals surface area contributed by atoms with Crippen molar-refractivity contribution < 1.29 is 14.3 Å². The van der Waals surface area contributed by atoms with Crippen LogP contribution in [-0.4, -0.2) is 29.7 Å². The van der Waals surface area contributed by atoms with Crippen molar-refractivity contribution in [3.63, 3.8) is 0 Å². The minimum Gasteiger partial charge on any atom is -0.379 e. The molecule has 0 saturated carbocycles. The topological polar surface area (TPSA) is 52.6 Å². The first-order valence-corrected chi connectivity index (χ1v) is 8.61. The molecule has 1 amide bonds. The first kappa shape index (κ1) is 17.9. The van der Waals surface area contributed by atoms with Gasteiger partial charge in [-0.05, 0) is 48.7 Å². The molecular weight excluding hydrogens is 343 g/mol. The van der Waals surface area contributed by atoms with E-state index >= 15 is 0 Å². The summed E-state index contributed by atoms with van der Waals surface area (Å²) in [5, 5.41) is 14.2. The molecule has 1 unspecified atom stereocenters. The highest BCUT2D eigenvalue weighted by Crippen LogP contribution is 2.27. The van der Waals surface area contributed by atoms with Crippen molar-refractivity contribution in [2.45, 2.75) is 25.0 Å². The molecule has 0 spiro atoms. The number of hydrogen-bond acceptors (Lipinski definition) is 3. The van der Waals surface area contributed by atoms with Crippen molar-refractivity contribution in [2.24, 2.45) is 0 Å². The highest BCUT2D eigenvalue weighted by atomic mass is 35.5. The zero-order chi connectivity index (χ0) is 17.9. The van der Waals surface area contributed by atoms with E-state index < -0.39 is 11.4 Å². The summed E-state index contributed by atoms with van der Waals surface area (Å²) < 4.78 is 13.4. The quantitative estimate of drug-likeness (QED) is 0.859.